The van der Waals surface area contributed by atoms with Gasteiger partial charge in [0.2, 0.25) is 0 Å². The van der Waals surface area contributed by atoms with Gasteiger partial charge < -0.3 is 9.47 Å². The molecule has 1 aromatic carbocycles. The molecule has 0 saturated carbocycles. The Morgan fingerprint density at radius 2 is 2.06 bits per heavy atom. The van der Waals surface area contributed by atoms with Crippen molar-refractivity contribution in [1.82, 2.24) is 0 Å². The van der Waals surface area contributed by atoms with Crippen LogP contribution in [-0.2, 0) is 9.47 Å². The van der Waals surface area contributed by atoms with Gasteiger partial charge in [-0.1, -0.05) is 12.5 Å². The predicted octanol–water partition coefficient (Wildman–Crippen LogP) is 1.98. The third kappa shape index (κ3) is 3.50. The van der Waals surface area contributed by atoms with E-state index in [1.165, 1.54) is 6.26 Å². The Labute approximate surface area is 94.7 Å². The number of rotatable bonds is 5. The van der Waals surface area contributed by atoms with Crippen LogP contribution in [0.4, 0.5) is 0 Å². The van der Waals surface area contributed by atoms with Gasteiger partial charge in [-0.2, -0.15) is 0 Å². The van der Waals surface area contributed by atoms with E-state index in [1.807, 2.05) is 0 Å². The molecule has 0 atom stereocenters. The lowest BCUT2D eigenvalue weighted by atomic mass is 10.1. The van der Waals surface area contributed by atoms with Crippen molar-refractivity contribution in [2.45, 2.75) is 0 Å². The Hall–Kier alpha value is -2.21. The molecule has 0 unspecified atom stereocenters. The molecule has 3 nitrogen and oxygen atoms in total. The lowest BCUT2D eigenvalue weighted by Gasteiger charge is -2.04. The Morgan fingerprint density at radius 3 is 2.62 bits per heavy atom. The number of carbonyl (C=O) groups excluding carboxylic acids is 1. The average molecular weight is 216 g/mol. The predicted molar refractivity (Wildman–Crippen MR) is 60.8 cm³/mol. The van der Waals surface area contributed by atoms with Crippen LogP contribution in [0.1, 0.15) is 15.9 Å². The summed E-state index contributed by atoms with van der Waals surface area (Å²) in [5.74, 6) is 2.08. The van der Waals surface area contributed by atoms with Crippen molar-refractivity contribution in [1.29, 1.82) is 0 Å². The normalized spacial score (nSPS) is 8.94. The van der Waals surface area contributed by atoms with Crippen molar-refractivity contribution in [3.05, 3.63) is 48.2 Å². The highest BCUT2D eigenvalue weighted by molar-refractivity contribution is 5.89. The minimum atomic E-state index is -0.392. The van der Waals surface area contributed by atoms with E-state index < -0.39 is 5.97 Å². The largest absolute Gasteiger partial charge is 0.498 e. The van der Waals surface area contributed by atoms with E-state index in [-0.39, 0.29) is 6.61 Å². The van der Waals surface area contributed by atoms with Crippen LogP contribution in [0.15, 0.2) is 37.1 Å². The molecule has 0 heterocycles. The maximum atomic E-state index is 11.5. The van der Waals surface area contributed by atoms with Crippen LogP contribution in [0.5, 0.6) is 0 Å². The van der Waals surface area contributed by atoms with Gasteiger partial charge in [0, 0.05) is 5.56 Å². The van der Waals surface area contributed by atoms with E-state index in [2.05, 4.69) is 12.5 Å². The molecule has 1 aromatic rings. The molecular weight excluding hydrogens is 204 g/mol. The first kappa shape index (κ1) is 11.9. The Balaban J connectivity index is 2.47. The van der Waals surface area contributed by atoms with E-state index in [1.54, 1.807) is 24.3 Å². The lowest BCUT2D eigenvalue weighted by molar-refractivity contribution is 0.0421. The number of terminal acetylenes is 1. The Kier molecular flexibility index (Phi) is 4.68. The summed E-state index contributed by atoms with van der Waals surface area (Å²) in [6.07, 6.45) is 6.50. The molecule has 0 amide bonds. The summed E-state index contributed by atoms with van der Waals surface area (Å²) >= 11 is 0. The third-order valence-electron chi connectivity index (χ3n) is 1.84. The van der Waals surface area contributed by atoms with E-state index in [9.17, 15) is 4.79 Å². The van der Waals surface area contributed by atoms with Gasteiger partial charge in [-0.3, -0.25) is 0 Å². The summed E-state index contributed by atoms with van der Waals surface area (Å²) in [6, 6.07) is 6.64. The smallest absolute Gasteiger partial charge is 0.338 e. The molecule has 0 radical (unpaired) electrons. The first-order valence-corrected chi connectivity index (χ1v) is 4.74. The first-order valence-electron chi connectivity index (χ1n) is 4.74. The van der Waals surface area contributed by atoms with E-state index in [0.717, 1.165) is 5.56 Å². The zero-order valence-corrected chi connectivity index (χ0v) is 8.81. The number of hydrogen-bond acceptors (Lipinski definition) is 3. The average Bonchev–Trinajstić information content (AvgIpc) is 2.34. The van der Waals surface area contributed by atoms with Crippen LogP contribution >= 0.6 is 0 Å². The summed E-state index contributed by atoms with van der Waals surface area (Å²) < 4.78 is 9.76. The van der Waals surface area contributed by atoms with E-state index in [4.69, 9.17) is 15.9 Å². The molecule has 82 valence electrons. The highest BCUT2D eigenvalue weighted by atomic mass is 16.6. The zero-order chi connectivity index (χ0) is 11.8. The standard InChI is InChI=1S/C13H12O3/c1-3-11-5-7-12(8-6-11)13(14)16-10-9-15-4-2/h1,4-8H,2,9-10H2. The molecule has 0 fully saturated rings. The second-order valence-corrected chi connectivity index (χ2v) is 2.90. The van der Waals surface area contributed by atoms with Gasteiger partial charge in [-0.25, -0.2) is 4.79 Å². The lowest BCUT2D eigenvalue weighted by Crippen LogP contribution is -2.09. The van der Waals surface area contributed by atoms with Gasteiger partial charge in [0.1, 0.15) is 13.2 Å². The topological polar surface area (TPSA) is 35.5 Å². The minimum absolute atomic E-state index is 0.196. The molecule has 0 bridgehead atoms. The van der Waals surface area contributed by atoms with Gasteiger partial charge in [-0.05, 0) is 24.3 Å². The van der Waals surface area contributed by atoms with E-state index in [0.29, 0.717) is 12.2 Å². The van der Waals surface area contributed by atoms with Gasteiger partial charge in [-0.15, -0.1) is 6.42 Å². The maximum Gasteiger partial charge on any atom is 0.338 e. The molecular formula is C13H12O3. The molecule has 0 saturated heterocycles. The molecule has 1 rings (SSSR count). The van der Waals surface area contributed by atoms with Crippen LogP contribution in [0, 0.1) is 12.3 Å². The van der Waals surface area contributed by atoms with Crippen molar-refractivity contribution < 1.29 is 14.3 Å². The van der Waals surface area contributed by atoms with Crippen LogP contribution in [0.2, 0.25) is 0 Å². The molecule has 0 aliphatic heterocycles. The minimum Gasteiger partial charge on any atom is -0.498 e. The number of benzene rings is 1. The highest BCUT2D eigenvalue weighted by Gasteiger charge is 2.05. The number of esters is 1. The summed E-state index contributed by atoms with van der Waals surface area (Å²) in [7, 11) is 0. The molecule has 16 heavy (non-hydrogen) atoms. The summed E-state index contributed by atoms with van der Waals surface area (Å²) in [5, 5.41) is 0. The Bertz CT molecular complexity index is 398. The second-order valence-electron chi connectivity index (χ2n) is 2.90. The second kappa shape index (κ2) is 6.31. The van der Waals surface area contributed by atoms with Gasteiger partial charge in [0.15, 0.2) is 0 Å². The van der Waals surface area contributed by atoms with Crippen molar-refractivity contribution in [3.8, 4) is 12.3 Å². The number of hydrogen-bond donors (Lipinski definition) is 0. The Morgan fingerprint density at radius 1 is 1.38 bits per heavy atom. The van der Waals surface area contributed by atoms with Crippen LogP contribution in [-0.4, -0.2) is 19.2 Å². The fourth-order valence-corrected chi connectivity index (χ4v) is 1.05. The first-order chi connectivity index (χ1) is 7.77. The summed E-state index contributed by atoms with van der Waals surface area (Å²) in [4.78, 5) is 11.5. The molecule has 0 aromatic heterocycles. The molecule has 0 N–H and O–H groups in total. The summed E-state index contributed by atoms with van der Waals surface area (Å²) in [5.41, 5.74) is 1.20. The zero-order valence-electron chi connectivity index (χ0n) is 8.81. The summed E-state index contributed by atoms with van der Waals surface area (Å²) in [6.45, 7) is 3.87. The van der Waals surface area contributed by atoms with Crippen molar-refractivity contribution in [2.24, 2.45) is 0 Å². The SMILES string of the molecule is C#Cc1ccc(C(=O)OCCOC=C)cc1. The van der Waals surface area contributed by atoms with Gasteiger partial charge in [0.05, 0.1) is 11.8 Å². The maximum absolute atomic E-state index is 11.5. The quantitative estimate of drug-likeness (QED) is 0.327. The molecule has 0 aliphatic rings. The van der Waals surface area contributed by atoms with Crippen LogP contribution in [0.25, 0.3) is 0 Å². The monoisotopic (exact) mass is 216 g/mol. The third-order valence-corrected chi connectivity index (χ3v) is 1.84. The van der Waals surface area contributed by atoms with E-state index >= 15 is 0 Å². The number of ether oxygens (including phenoxy) is 2. The van der Waals surface area contributed by atoms with Crippen molar-refractivity contribution in [3.63, 3.8) is 0 Å². The van der Waals surface area contributed by atoms with Crippen LogP contribution in [0.3, 0.4) is 0 Å². The van der Waals surface area contributed by atoms with Crippen LogP contribution < -0.4 is 0 Å². The van der Waals surface area contributed by atoms with Crippen molar-refractivity contribution in [2.75, 3.05) is 13.2 Å². The molecule has 0 spiro atoms. The van der Waals surface area contributed by atoms with Gasteiger partial charge >= 0.3 is 5.97 Å². The number of carbonyl (C=O) groups is 1. The molecule has 0 aliphatic carbocycles. The van der Waals surface area contributed by atoms with Gasteiger partial charge in [0.25, 0.3) is 0 Å². The van der Waals surface area contributed by atoms with Crippen molar-refractivity contribution >= 4 is 5.97 Å². The fourth-order valence-electron chi connectivity index (χ4n) is 1.05. The fraction of sp³-hybridized carbons (Fsp3) is 0.154. The molecule has 3 heteroatoms. The highest BCUT2D eigenvalue weighted by Crippen LogP contribution is 2.04.